The zero-order valence-corrected chi connectivity index (χ0v) is 29.9. The molecule has 0 unspecified atom stereocenters. The van der Waals surface area contributed by atoms with Crippen LogP contribution in [0.5, 0.6) is 0 Å². The Labute approximate surface area is 312 Å². The molecule has 0 saturated carbocycles. The van der Waals surface area contributed by atoms with Crippen molar-refractivity contribution >= 4 is 60.9 Å². The molecule has 4 nitrogen and oxygen atoms in total. The second-order valence-electron chi connectivity index (χ2n) is 14.8. The summed E-state index contributed by atoms with van der Waals surface area (Å²) in [6.45, 7) is 4.66. The average molecular weight is 695 g/mol. The van der Waals surface area contributed by atoms with Crippen LogP contribution in [0, 0.1) is 0 Å². The molecule has 10 aromatic rings. The van der Waals surface area contributed by atoms with Crippen molar-refractivity contribution in [1.82, 2.24) is 4.98 Å². The minimum Gasteiger partial charge on any atom is -0.456 e. The average Bonchev–Trinajstić information content (AvgIpc) is 3.87. The van der Waals surface area contributed by atoms with Gasteiger partial charge in [-0.3, -0.25) is 0 Å². The maximum absolute atomic E-state index is 6.62. The highest BCUT2D eigenvalue weighted by Crippen LogP contribution is 2.52. The lowest BCUT2D eigenvalue weighted by atomic mass is 9.82. The molecule has 0 radical (unpaired) electrons. The van der Waals surface area contributed by atoms with Gasteiger partial charge in [0.2, 0.25) is 5.89 Å². The van der Waals surface area contributed by atoms with Crippen molar-refractivity contribution in [3.05, 3.63) is 181 Å². The van der Waals surface area contributed by atoms with Crippen molar-refractivity contribution < 1.29 is 8.83 Å². The first kappa shape index (κ1) is 30.7. The van der Waals surface area contributed by atoms with Crippen LogP contribution in [-0.4, -0.2) is 4.98 Å². The van der Waals surface area contributed by atoms with E-state index in [1.165, 1.54) is 38.6 Å². The molecule has 256 valence electrons. The van der Waals surface area contributed by atoms with Crippen LogP contribution in [0.25, 0.3) is 77.5 Å². The van der Waals surface area contributed by atoms with Gasteiger partial charge in [-0.05, 0) is 98.8 Å². The first-order valence-electron chi connectivity index (χ1n) is 18.5. The van der Waals surface area contributed by atoms with Gasteiger partial charge < -0.3 is 13.7 Å². The van der Waals surface area contributed by atoms with Gasteiger partial charge in [-0.25, -0.2) is 4.98 Å². The van der Waals surface area contributed by atoms with Gasteiger partial charge in [0, 0.05) is 33.8 Å². The molecule has 0 aliphatic heterocycles. The minimum absolute atomic E-state index is 0.0919. The lowest BCUT2D eigenvalue weighted by Crippen LogP contribution is -2.15. The second-order valence-corrected chi connectivity index (χ2v) is 14.8. The van der Waals surface area contributed by atoms with Gasteiger partial charge in [0.25, 0.3) is 0 Å². The van der Waals surface area contributed by atoms with Gasteiger partial charge in [-0.2, -0.15) is 0 Å². The molecule has 0 bridgehead atoms. The standard InChI is InChI=1S/C50H34N2O2/c1-50(2)41-22-9-8-20-38(41)39-28-35(25-26-42(39)50)52(34-18-10-17-33(27-34)37-21-11-16-31-13-6-7-19-36(31)37)44-23-12-24-45-48(44)40-29-47-43(30-46(40)53-45)51-49(54-47)32-14-4-3-5-15-32/h3-30H,1-2H3. The van der Waals surface area contributed by atoms with Crippen LogP contribution in [0.4, 0.5) is 17.1 Å². The predicted octanol–water partition coefficient (Wildman–Crippen LogP) is 14.0. The molecule has 0 amide bonds. The maximum atomic E-state index is 6.62. The Hall–Kier alpha value is -6.91. The van der Waals surface area contributed by atoms with Gasteiger partial charge in [0.1, 0.15) is 16.7 Å². The van der Waals surface area contributed by atoms with Crippen LogP contribution in [0.3, 0.4) is 0 Å². The molecule has 0 atom stereocenters. The largest absolute Gasteiger partial charge is 0.456 e. The molecule has 0 saturated heterocycles. The van der Waals surface area contributed by atoms with Crippen LogP contribution in [0.15, 0.2) is 179 Å². The minimum atomic E-state index is -0.0919. The normalized spacial score (nSPS) is 13.1. The summed E-state index contributed by atoms with van der Waals surface area (Å²) in [7, 11) is 0. The van der Waals surface area contributed by atoms with E-state index in [0.29, 0.717) is 5.89 Å². The van der Waals surface area contributed by atoms with E-state index < -0.39 is 0 Å². The Kier molecular flexibility index (Phi) is 6.56. The fourth-order valence-electron chi connectivity index (χ4n) is 8.68. The number of fused-ring (bicyclic) bond motifs is 8. The first-order chi connectivity index (χ1) is 26.5. The highest BCUT2D eigenvalue weighted by atomic mass is 16.4. The highest BCUT2D eigenvalue weighted by molar-refractivity contribution is 6.16. The second kappa shape index (κ2) is 11.5. The molecule has 0 spiro atoms. The molecule has 54 heavy (non-hydrogen) atoms. The van der Waals surface area contributed by atoms with Crippen LogP contribution in [0.1, 0.15) is 25.0 Å². The first-order valence-corrected chi connectivity index (χ1v) is 18.5. The Balaban J connectivity index is 1.16. The number of rotatable bonds is 5. The number of anilines is 3. The summed E-state index contributed by atoms with van der Waals surface area (Å²) >= 11 is 0. The Morgan fingerprint density at radius 1 is 0.481 bits per heavy atom. The lowest BCUT2D eigenvalue weighted by molar-refractivity contribution is 0.620. The number of furan rings is 1. The SMILES string of the molecule is CC1(C)c2ccccc2-c2cc(N(c3cccc(-c4cccc5ccccc45)c3)c3cccc4oc5cc6nc(-c7ccccc7)oc6cc5c34)ccc21. The van der Waals surface area contributed by atoms with E-state index >= 15 is 0 Å². The van der Waals surface area contributed by atoms with Gasteiger partial charge in [0.05, 0.1) is 11.1 Å². The molecule has 1 aliphatic rings. The third kappa shape index (κ3) is 4.60. The smallest absolute Gasteiger partial charge is 0.227 e. The molecular weight excluding hydrogens is 661 g/mol. The fourth-order valence-corrected chi connectivity index (χ4v) is 8.68. The third-order valence-corrected chi connectivity index (χ3v) is 11.3. The molecule has 0 N–H and O–H groups in total. The summed E-state index contributed by atoms with van der Waals surface area (Å²) in [6, 6.07) is 60.3. The summed E-state index contributed by atoms with van der Waals surface area (Å²) in [5.74, 6) is 0.594. The highest BCUT2D eigenvalue weighted by Gasteiger charge is 2.35. The van der Waals surface area contributed by atoms with Crippen LogP contribution < -0.4 is 4.90 Å². The molecule has 8 aromatic carbocycles. The molecule has 0 fully saturated rings. The molecule has 1 aliphatic carbocycles. The van der Waals surface area contributed by atoms with Gasteiger partial charge >= 0.3 is 0 Å². The van der Waals surface area contributed by atoms with E-state index in [4.69, 9.17) is 13.8 Å². The summed E-state index contributed by atoms with van der Waals surface area (Å²) in [5.41, 5.74) is 14.7. The molecule has 11 rings (SSSR count). The van der Waals surface area contributed by atoms with Crippen LogP contribution in [0.2, 0.25) is 0 Å². The molecular formula is C50H34N2O2. The molecule has 4 heteroatoms. The number of hydrogen-bond donors (Lipinski definition) is 0. The van der Waals surface area contributed by atoms with Crippen molar-refractivity contribution in [2.24, 2.45) is 0 Å². The van der Waals surface area contributed by atoms with Crippen LogP contribution in [-0.2, 0) is 5.41 Å². The summed E-state index contributed by atoms with van der Waals surface area (Å²) in [4.78, 5) is 7.23. The monoisotopic (exact) mass is 694 g/mol. The number of benzene rings is 8. The fraction of sp³-hybridized carbons (Fsp3) is 0.0600. The third-order valence-electron chi connectivity index (χ3n) is 11.3. The maximum Gasteiger partial charge on any atom is 0.227 e. The Morgan fingerprint density at radius 3 is 2.13 bits per heavy atom. The topological polar surface area (TPSA) is 42.4 Å². The van der Waals surface area contributed by atoms with E-state index in [2.05, 4.69) is 152 Å². The summed E-state index contributed by atoms with van der Waals surface area (Å²) in [5, 5.41) is 4.45. The van der Waals surface area contributed by atoms with Crippen molar-refractivity contribution in [1.29, 1.82) is 0 Å². The predicted molar refractivity (Wildman–Crippen MR) is 222 cm³/mol. The number of aromatic nitrogens is 1. The van der Waals surface area contributed by atoms with Gasteiger partial charge in [-0.15, -0.1) is 0 Å². The quantitative estimate of drug-likeness (QED) is 0.180. The molecule has 2 heterocycles. The number of hydrogen-bond acceptors (Lipinski definition) is 4. The van der Waals surface area contributed by atoms with Crippen molar-refractivity contribution in [3.8, 4) is 33.7 Å². The molecule has 2 aromatic heterocycles. The van der Waals surface area contributed by atoms with E-state index in [1.807, 2.05) is 36.4 Å². The number of oxazole rings is 1. The van der Waals surface area contributed by atoms with E-state index in [9.17, 15) is 0 Å². The Morgan fingerprint density at radius 2 is 1.20 bits per heavy atom. The van der Waals surface area contributed by atoms with E-state index in [0.717, 1.165) is 61.2 Å². The zero-order chi connectivity index (χ0) is 36.0. The van der Waals surface area contributed by atoms with Crippen molar-refractivity contribution in [2.45, 2.75) is 19.3 Å². The summed E-state index contributed by atoms with van der Waals surface area (Å²) < 4.78 is 13.0. The number of nitrogens with zero attached hydrogens (tertiary/aromatic N) is 2. The zero-order valence-electron chi connectivity index (χ0n) is 29.9. The van der Waals surface area contributed by atoms with Gasteiger partial charge in [0.15, 0.2) is 5.58 Å². The van der Waals surface area contributed by atoms with E-state index in [-0.39, 0.29) is 5.41 Å². The van der Waals surface area contributed by atoms with E-state index in [1.54, 1.807) is 0 Å². The Bertz CT molecular complexity index is 3090. The van der Waals surface area contributed by atoms with Crippen molar-refractivity contribution in [2.75, 3.05) is 4.90 Å². The van der Waals surface area contributed by atoms with Crippen LogP contribution >= 0.6 is 0 Å². The summed E-state index contributed by atoms with van der Waals surface area (Å²) in [6.07, 6.45) is 0. The van der Waals surface area contributed by atoms with Crippen molar-refractivity contribution in [3.63, 3.8) is 0 Å². The van der Waals surface area contributed by atoms with Gasteiger partial charge in [-0.1, -0.05) is 123 Å². The lowest BCUT2D eigenvalue weighted by Gasteiger charge is -2.28.